The summed E-state index contributed by atoms with van der Waals surface area (Å²) in [6.07, 6.45) is 0.851. The van der Waals surface area contributed by atoms with Crippen LogP contribution in [0.3, 0.4) is 0 Å². The number of carbonyl (C=O) groups excluding carboxylic acids is 1. The van der Waals surface area contributed by atoms with E-state index in [1.807, 2.05) is 36.4 Å². The molecule has 0 saturated carbocycles. The number of benzene rings is 1. The van der Waals surface area contributed by atoms with Gasteiger partial charge in [-0.15, -0.1) is 11.3 Å². The highest BCUT2D eigenvalue weighted by Gasteiger charge is 2.07. The lowest BCUT2D eigenvalue weighted by molar-refractivity contribution is 0.112. The first kappa shape index (κ1) is 8.97. The third-order valence-corrected chi connectivity index (χ3v) is 2.86. The number of aldehydes is 1. The Morgan fingerprint density at radius 2 is 1.93 bits per heavy atom. The first-order chi connectivity index (χ1) is 6.81. The average Bonchev–Trinajstić information content (AvgIpc) is 2.61. The summed E-state index contributed by atoms with van der Waals surface area (Å²) in [6, 6.07) is 11.6. The third-order valence-electron chi connectivity index (χ3n) is 1.97. The molecule has 0 aliphatic carbocycles. The van der Waals surface area contributed by atoms with Crippen molar-refractivity contribution in [2.45, 2.75) is 0 Å². The van der Waals surface area contributed by atoms with Crippen molar-refractivity contribution in [2.24, 2.45) is 0 Å². The summed E-state index contributed by atoms with van der Waals surface area (Å²) in [5.74, 6) is 0. The molecule has 0 aliphatic rings. The van der Waals surface area contributed by atoms with Crippen LogP contribution in [0.2, 0.25) is 0 Å². The number of rotatable bonds is 2. The fraction of sp³-hybridized carbons (Fsp3) is 0. The van der Waals surface area contributed by atoms with Gasteiger partial charge in [-0.2, -0.15) is 0 Å². The van der Waals surface area contributed by atoms with Crippen molar-refractivity contribution in [1.82, 2.24) is 0 Å². The van der Waals surface area contributed by atoms with Gasteiger partial charge in [0.25, 0.3) is 0 Å². The van der Waals surface area contributed by atoms with Crippen molar-refractivity contribution in [3.05, 3.63) is 41.3 Å². The van der Waals surface area contributed by atoms with E-state index in [4.69, 9.17) is 5.73 Å². The zero-order chi connectivity index (χ0) is 9.97. The summed E-state index contributed by atoms with van der Waals surface area (Å²) < 4.78 is 0. The molecule has 3 heteroatoms. The van der Waals surface area contributed by atoms with Crippen LogP contribution >= 0.6 is 11.3 Å². The molecule has 0 amide bonds. The number of anilines is 1. The van der Waals surface area contributed by atoms with Crippen LogP contribution in [0, 0.1) is 0 Å². The number of hydrogen-bond acceptors (Lipinski definition) is 3. The maximum absolute atomic E-state index is 10.8. The number of thiophene rings is 1. The number of nitrogens with two attached hydrogens (primary N) is 1. The number of carbonyl (C=O) groups is 1. The van der Waals surface area contributed by atoms with E-state index in [0.29, 0.717) is 9.88 Å². The van der Waals surface area contributed by atoms with E-state index in [1.54, 1.807) is 0 Å². The number of hydrogen-bond donors (Lipinski definition) is 1. The zero-order valence-electron chi connectivity index (χ0n) is 7.44. The summed E-state index contributed by atoms with van der Waals surface area (Å²) in [5.41, 5.74) is 7.60. The molecule has 1 heterocycles. The van der Waals surface area contributed by atoms with Gasteiger partial charge in [0.2, 0.25) is 0 Å². The lowest BCUT2D eigenvalue weighted by Crippen LogP contribution is -1.78. The van der Waals surface area contributed by atoms with Crippen molar-refractivity contribution >= 4 is 22.6 Å². The van der Waals surface area contributed by atoms with Crippen LogP contribution < -0.4 is 5.73 Å². The minimum Gasteiger partial charge on any atom is -0.391 e. The Hall–Kier alpha value is -1.61. The molecule has 0 spiro atoms. The van der Waals surface area contributed by atoms with Crippen LogP contribution in [0.1, 0.15) is 9.67 Å². The molecule has 2 aromatic rings. The van der Waals surface area contributed by atoms with Crippen LogP contribution in [-0.2, 0) is 0 Å². The molecule has 0 atom stereocenters. The van der Waals surface area contributed by atoms with Gasteiger partial charge in [-0.05, 0) is 11.6 Å². The Bertz CT molecular complexity index is 448. The third kappa shape index (κ3) is 1.54. The van der Waals surface area contributed by atoms with Gasteiger partial charge in [0.1, 0.15) is 0 Å². The van der Waals surface area contributed by atoms with Crippen LogP contribution in [0.25, 0.3) is 11.1 Å². The molecule has 70 valence electrons. The summed E-state index contributed by atoms with van der Waals surface area (Å²) in [6.45, 7) is 0. The first-order valence-electron chi connectivity index (χ1n) is 4.21. The quantitative estimate of drug-likeness (QED) is 0.763. The van der Waals surface area contributed by atoms with Crippen molar-refractivity contribution in [1.29, 1.82) is 0 Å². The van der Waals surface area contributed by atoms with Gasteiger partial charge in [0.15, 0.2) is 6.29 Å². The van der Waals surface area contributed by atoms with Crippen LogP contribution in [0.15, 0.2) is 36.4 Å². The monoisotopic (exact) mass is 203 g/mol. The molecular formula is C11H9NOS. The van der Waals surface area contributed by atoms with Crippen molar-refractivity contribution in [2.75, 3.05) is 5.73 Å². The molecule has 0 unspecified atom stereocenters. The molecule has 0 bridgehead atoms. The predicted octanol–water partition coefficient (Wildman–Crippen LogP) is 2.81. The van der Waals surface area contributed by atoms with E-state index in [0.717, 1.165) is 17.4 Å². The van der Waals surface area contributed by atoms with Gasteiger partial charge >= 0.3 is 0 Å². The summed E-state index contributed by atoms with van der Waals surface area (Å²) in [5, 5.41) is 0.672. The van der Waals surface area contributed by atoms with E-state index in [2.05, 4.69) is 0 Å². The second-order valence-corrected chi connectivity index (χ2v) is 4.03. The Morgan fingerprint density at radius 1 is 1.21 bits per heavy atom. The molecule has 2 N–H and O–H groups in total. The van der Waals surface area contributed by atoms with Gasteiger partial charge in [-0.25, -0.2) is 0 Å². The van der Waals surface area contributed by atoms with Gasteiger partial charge in [0.05, 0.1) is 9.88 Å². The van der Waals surface area contributed by atoms with Crippen molar-refractivity contribution < 1.29 is 4.79 Å². The van der Waals surface area contributed by atoms with Gasteiger partial charge in [0, 0.05) is 5.56 Å². The Balaban J connectivity index is 2.56. The summed E-state index contributed by atoms with van der Waals surface area (Å²) >= 11 is 1.32. The Kier molecular flexibility index (Phi) is 2.33. The van der Waals surface area contributed by atoms with Crippen molar-refractivity contribution in [3.63, 3.8) is 0 Å². The molecule has 0 saturated heterocycles. The summed E-state index contributed by atoms with van der Waals surface area (Å²) in [4.78, 5) is 11.5. The first-order valence-corrected chi connectivity index (χ1v) is 5.03. The molecule has 0 radical (unpaired) electrons. The van der Waals surface area contributed by atoms with Gasteiger partial charge < -0.3 is 5.73 Å². The number of nitrogen functional groups attached to an aromatic ring is 1. The molecule has 14 heavy (non-hydrogen) atoms. The molecule has 1 aromatic heterocycles. The van der Waals surface area contributed by atoms with Gasteiger partial charge in [-0.1, -0.05) is 30.3 Å². The summed E-state index contributed by atoms with van der Waals surface area (Å²) in [7, 11) is 0. The van der Waals surface area contributed by atoms with Crippen LogP contribution in [-0.4, -0.2) is 6.29 Å². The topological polar surface area (TPSA) is 43.1 Å². The predicted molar refractivity (Wildman–Crippen MR) is 59.6 cm³/mol. The molecular weight excluding hydrogens is 194 g/mol. The van der Waals surface area contributed by atoms with E-state index in [-0.39, 0.29) is 0 Å². The lowest BCUT2D eigenvalue weighted by atomic mass is 10.1. The standard InChI is InChI=1S/C11H9NOS/c12-11-6-9(10(7-13)14-11)8-4-2-1-3-5-8/h1-7H,12H2. The minimum atomic E-state index is 0.672. The second-order valence-electron chi connectivity index (χ2n) is 2.91. The van der Waals surface area contributed by atoms with E-state index < -0.39 is 0 Å². The smallest absolute Gasteiger partial charge is 0.160 e. The lowest BCUT2D eigenvalue weighted by Gasteiger charge is -1.97. The molecule has 0 aliphatic heterocycles. The molecule has 1 aromatic carbocycles. The SMILES string of the molecule is Nc1cc(-c2ccccc2)c(C=O)s1. The van der Waals surface area contributed by atoms with Crippen molar-refractivity contribution in [3.8, 4) is 11.1 Å². The van der Waals surface area contributed by atoms with E-state index >= 15 is 0 Å². The van der Waals surface area contributed by atoms with E-state index in [1.165, 1.54) is 11.3 Å². The highest BCUT2D eigenvalue weighted by molar-refractivity contribution is 7.18. The maximum atomic E-state index is 10.8. The van der Waals surface area contributed by atoms with Gasteiger partial charge in [-0.3, -0.25) is 4.79 Å². The fourth-order valence-corrected chi connectivity index (χ4v) is 2.12. The second kappa shape index (κ2) is 3.64. The largest absolute Gasteiger partial charge is 0.391 e. The minimum absolute atomic E-state index is 0.672. The zero-order valence-corrected chi connectivity index (χ0v) is 8.25. The molecule has 0 fully saturated rings. The fourth-order valence-electron chi connectivity index (χ4n) is 1.36. The van der Waals surface area contributed by atoms with Crippen LogP contribution in [0.4, 0.5) is 5.00 Å². The van der Waals surface area contributed by atoms with E-state index in [9.17, 15) is 4.79 Å². The highest BCUT2D eigenvalue weighted by Crippen LogP contribution is 2.31. The molecule has 2 rings (SSSR count). The van der Waals surface area contributed by atoms with Crippen LogP contribution in [0.5, 0.6) is 0 Å². The Morgan fingerprint density at radius 3 is 2.57 bits per heavy atom. The Labute approximate surface area is 86.0 Å². The molecule has 2 nitrogen and oxygen atoms in total. The highest BCUT2D eigenvalue weighted by atomic mass is 32.1. The normalized spacial score (nSPS) is 10.0. The average molecular weight is 203 g/mol. The maximum Gasteiger partial charge on any atom is 0.160 e.